The van der Waals surface area contributed by atoms with E-state index in [-0.39, 0.29) is 11.0 Å². The summed E-state index contributed by atoms with van der Waals surface area (Å²) >= 11 is 0. The van der Waals surface area contributed by atoms with Crippen LogP contribution in [0.25, 0.3) is 0 Å². The van der Waals surface area contributed by atoms with E-state index in [9.17, 15) is 0 Å². The predicted molar refractivity (Wildman–Crippen MR) is 101 cm³/mol. The third-order valence-electron chi connectivity index (χ3n) is 4.45. The zero-order valence-electron chi connectivity index (χ0n) is 16.1. The molecule has 0 spiro atoms. The van der Waals surface area contributed by atoms with E-state index in [1.807, 2.05) is 0 Å². The molecule has 0 aromatic heterocycles. The normalized spacial score (nSPS) is 22.8. The molecule has 0 bridgehead atoms. The van der Waals surface area contributed by atoms with Gasteiger partial charge in [-0.15, -0.1) is 0 Å². The lowest BCUT2D eigenvalue weighted by molar-refractivity contribution is 0.529. The molecule has 1 unspecified atom stereocenters. The first-order valence-electron chi connectivity index (χ1n) is 9.37. The molecule has 0 saturated heterocycles. The maximum Gasteiger partial charge on any atom is 0.101 e. The number of aliphatic imine (C=N–C) groups is 1. The molecule has 0 fully saturated rings. The van der Waals surface area contributed by atoms with Gasteiger partial charge in [0.2, 0.25) is 0 Å². The van der Waals surface area contributed by atoms with Crippen molar-refractivity contribution in [2.45, 2.75) is 99.0 Å². The molecule has 1 aliphatic rings. The van der Waals surface area contributed by atoms with Crippen molar-refractivity contribution in [1.29, 1.82) is 0 Å². The number of nitrogens with zero attached hydrogens (tertiary/aromatic N) is 1. The molecule has 0 amide bonds. The Morgan fingerprint density at radius 3 is 2.05 bits per heavy atom. The van der Waals surface area contributed by atoms with Gasteiger partial charge >= 0.3 is 0 Å². The molecule has 0 aromatic rings. The molecular formula is C21H37N. The molecular weight excluding hydrogens is 266 g/mol. The van der Waals surface area contributed by atoms with E-state index in [1.54, 1.807) is 11.1 Å². The number of allylic oxidation sites excluding steroid dienone is 2. The number of hydrogen-bond acceptors (Lipinski definition) is 1. The number of hydrogen-bond donors (Lipinski definition) is 0. The zero-order chi connectivity index (χ0) is 16.8. The highest BCUT2D eigenvalue weighted by atomic mass is 14.9. The minimum absolute atomic E-state index is 0.0477. The first-order valence-corrected chi connectivity index (χ1v) is 9.37. The predicted octanol–water partition coefficient (Wildman–Crippen LogP) is 6.89. The van der Waals surface area contributed by atoms with Gasteiger partial charge in [-0.2, -0.15) is 0 Å². The Morgan fingerprint density at radius 2 is 1.59 bits per heavy atom. The minimum Gasteiger partial charge on any atom is -0.274 e. The molecule has 1 heterocycles. The molecule has 1 aliphatic heterocycles. The van der Waals surface area contributed by atoms with Crippen LogP contribution in [0.3, 0.4) is 0 Å². The minimum atomic E-state index is -0.0477. The molecule has 1 nitrogen and oxygen atoms in total. The fourth-order valence-corrected chi connectivity index (χ4v) is 3.62. The lowest BCUT2D eigenvalue weighted by Gasteiger charge is -2.27. The molecule has 0 N–H and O–H groups in total. The van der Waals surface area contributed by atoms with Crippen LogP contribution in [0.1, 0.15) is 93.4 Å². The van der Waals surface area contributed by atoms with Gasteiger partial charge in [-0.05, 0) is 36.8 Å². The van der Waals surface area contributed by atoms with Gasteiger partial charge in [-0.3, -0.25) is 4.99 Å². The van der Waals surface area contributed by atoms with Crippen molar-refractivity contribution in [2.75, 3.05) is 0 Å². The van der Waals surface area contributed by atoms with Crippen LogP contribution in [0, 0.1) is 5.41 Å². The summed E-state index contributed by atoms with van der Waals surface area (Å²) in [6.07, 6.45) is 12.9. The Labute approximate surface area is 139 Å². The molecule has 0 aromatic carbocycles. The van der Waals surface area contributed by atoms with E-state index in [2.05, 4.69) is 60.6 Å². The van der Waals surface area contributed by atoms with Crippen LogP contribution in [0.15, 0.2) is 28.3 Å². The van der Waals surface area contributed by atoms with Crippen LogP contribution in [0.2, 0.25) is 0 Å². The number of rotatable bonds is 8. The molecule has 1 heteroatoms. The van der Waals surface area contributed by atoms with Crippen LogP contribution in [0.5, 0.6) is 0 Å². The lowest BCUT2D eigenvalue weighted by atomic mass is 9.78. The molecule has 0 saturated carbocycles. The maximum atomic E-state index is 5.37. The first kappa shape index (κ1) is 19.2. The van der Waals surface area contributed by atoms with Gasteiger partial charge in [0.05, 0.1) is 0 Å². The van der Waals surface area contributed by atoms with Gasteiger partial charge in [-0.1, -0.05) is 79.9 Å². The van der Waals surface area contributed by atoms with Gasteiger partial charge in [-0.25, -0.2) is 0 Å². The van der Waals surface area contributed by atoms with Crippen molar-refractivity contribution in [3.05, 3.63) is 23.3 Å². The first-order chi connectivity index (χ1) is 10.4. The zero-order valence-corrected chi connectivity index (χ0v) is 16.1. The molecule has 0 radical (unpaired) electrons. The van der Waals surface area contributed by atoms with Gasteiger partial charge < -0.3 is 0 Å². The summed E-state index contributed by atoms with van der Waals surface area (Å²) in [5, 5.41) is 0. The summed E-state index contributed by atoms with van der Waals surface area (Å²) in [5.74, 6) is 0. The fraction of sp³-hybridized carbons (Fsp3) is 0.762. The standard InChI is InChI=1S/C21H37N/c1-8-12-16-21(15-11-4)18(14-10-3)17(13-9-2)19(22-21)20(5,6)7/h12,16H,8-11,13-15H2,1-7H3/b16-12+. The summed E-state index contributed by atoms with van der Waals surface area (Å²) < 4.78 is 0. The second-order valence-electron chi connectivity index (χ2n) is 7.65. The van der Waals surface area contributed by atoms with E-state index in [0.717, 1.165) is 12.8 Å². The second kappa shape index (κ2) is 8.13. The quantitative estimate of drug-likeness (QED) is 0.433. The van der Waals surface area contributed by atoms with Gasteiger partial charge in [0.1, 0.15) is 5.54 Å². The van der Waals surface area contributed by atoms with Crippen molar-refractivity contribution in [3.63, 3.8) is 0 Å². The van der Waals surface area contributed by atoms with Crippen molar-refractivity contribution in [2.24, 2.45) is 10.4 Å². The average Bonchev–Trinajstić information content (AvgIpc) is 2.74. The van der Waals surface area contributed by atoms with E-state index in [0.29, 0.717) is 0 Å². The van der Waals surface area contributed by atoms with Crippen LogP contribution in [-0.4, -0.2) is 11.3 Å². The SMILES string of the molecule is CC/C=C/C1(CCC)N=C(C(C)(C)C)C(CCC)=C1CCC. The molecule has 126 valence electrons. The van der Waals surface area contributed by atoms with E-state index < -0.39 is 0 Å². The third-order valence-corrected chi connectivity index (χ3v) is 4.45. The summed E-state index contributed by atoms with van der Waals surface area (Å²) in [5.41, 5.74) is 4.65. The van der Waals surface area contributed by atoms with Crippen molar-refractivity contribution < 1.29 is 0 Å². The van der Waals surface area contributed by atoms with Crippen molar-refractivity contribution in [1.82, 2.24) is 0 Å². The van der Waals surface area contributed by atoms with E-state index in [4.69, 9.17) is 4.99 Å². The Kier molecular flexibility index (Phi) is 7.09. The van der Waals surface area contributed by atoms with Crippen LogP contribution in [-0.2, 0) is 0 Å². The van der Waals surface area contributed by atoms with Crippen LogP contribution >= 0.6 is 0 Å². The van der Waals surface area contributed by atoms with Gasteiger partial charge in [0, 0.05) is 11.1 Å². The average molecular weight is 304 g/mol. The Morgan fingerprint density at radius 1 is 0.955 bits per heavy atom. The monoisotopic (exact) mass is 303 g/mol. The van der Waals surface area contributed by atoms with Crippen molar-refractivity contribution in [3.8, 4) is 0 Å². The fourth-order valence-electron chi connectivity index (χ4n) is 3.62. The Bertz CT molecular complexity index is 445. The molecule has 22 heavy (non-hydrogen) atoms. The summed E-state index contributed by atoms with van der Waals surface area (Å²) in [6, 6.07) is 0. The molecule has 0 aliphatic carbocycles. The van der Waals surface area contributed by atoms with Crippen LogP contribution < -0.4 is 0 Å². The largest absolute Gasteiger partial charge is 0.274 e. The van der Waals surface area contributed by atoms with E-state index in [1.165, 1.54) is 37.8 Å². The molecule has 1 atom stereocenters. The second-order valence-corrected chi connectivity index (χ2v) is 7.65. The summed E-state index contributed by atoms with van der Waals surface area (Å²) in [6.45, 7) is 16.0. The smallest absolute Gasteiger partial charge is 0.101 e. The van der Waals surface area contributed by atoms with E-state index >= 15 is 0 Å². The Hall–Kier alpha value is -0.850. The highest BCUT2D eigenvalue weighted by Gasteiger charge is 2.41. The highest BCUT2D eigenvalue weighted by Crippen LogP contribution is 2.45. The summed E-state index contributed by atoms with van der Waals surface area (Å²) in [7, 11) is 0. The van der Waals surface area contributed by atoms with Gasteiger partial charge in [0.25, 0.3) is 0 Å². The van der Waals surface area contributed by atoms with Crippen LogP contribution in [0.4, 0.5) is 0 Å². The van der Waals surface area contributed by atoms with Crippen molar-refractivity contribution >= 4 is 5.71 Å². The maximum absolute atomic E-state index is 5.37. The molecule has 1 rings (SSSR count). The summed E-state index contributed by atoms with van der Waals surface area (Å²) in [4.78, 5) is 5.37. The third kappa shape index (κ3) is 4.12. The Balaban J connectivity index is 3.50. The topological polar surface area (TPSA) is 12.4 Å². The van der Waals surface area contributed by atoms with Gasteiger partial charge in [0.15, 0.2) is 0 Å². The lowest BCUT2D eigenvalue weighted by Crippen LogP contribution is -2.25. The highest BCUT2D eigenvalue weighted by molar-refractivity contribution is 6.07.